The molecule has 0 bridgehead atoms. The first-order valence-corrected chi connectivity index (χ1v) is 6.50. The highest BCUT2D eigenvalue weighted by molar-refractivity contribution is 5.80. The lowest BCUT2D eigenvalue weighted by molar-refractivity contribution is -0.119. The molecule has 1 amide bonds. The van der Waals surface area contributed by atoms with Crippen molar-refractivity contribution in [2.75, 3.05) is 0 Å². The van der Waals surface area contributed by atoms with Crippen LogP contribution in [0.2, 0.25) is 0 Å². The molecule has 1 saturated heterocycles. The molecule has 2 heterocycles. The predicted molar refractivity (Wildman–Crippen MR) is 73.7 cm³/mol. The normalized spacial score (nSPS) is 22.3. The van der Waals surface area contributed by atoms with Crippen molar-refractivity contribution in [3.63, 3.8) is 0 Å². The van der Waals surface area contributed by atoms with Gasteiger partial charge in [-0.2, -0.15) is 0 Å². The van der Waals surface area contributed by atoms with Gasteiger partial charge in [-0.05, 0) is 29.7 Å². The van der Waals surface area contributed by atoms with Gasteiger partial charge in [-0.25, -0.2) is 0 Å². The van der Waals surface area contributed by atoms with Crippen LogP contribution in [0.5, 0.6) is 0 Å². The van der Waals surface area contributed by atoms with Crippen molar-refractivity contribution in [1.29, 1.82) is 0 Å². The highest BCUT2D eigenvalue weighted by atomic mass is 16.2. The number of carbonyl (C=O) groups is 1. The van der Waals surface area contributed by atoms with Crippen molar-refractivity contribution in [1.82, 2.24) is 10.3 Å². The fraction of sp³-hybridized carbons (Fsp3) is 0.250. The summed E-state index contributed by atoms with van der Waals surface area (Å²) in [6, 6.07) is 12.2. The number of benzene rings is 1. The second-order valence-electron chi connectivity index (χ2n) is 5.00. The molecule has 0 radical (unpaired) electrons. The van der Waals surface area contributed by atoms with Crippen molar-refractivity contribution >= 4 is 5.91 Å². The van der Waals surface area contributed by atoms with Crippen molar-refractivity contribution in [2.45, 2.75) is 25.3 Å². The third-order valence-electron chi connectivity index (χ3n) is 3.76. The molecule has 2 atom stereocenters. The van der Waals surface area contributed by atoms with Crippen molar-refractivity contribution in [3.8, 4) is 0 Å². The lowest BCUT2D eigenvalue weighted by Gasteiger charge is -2.20. The first-order chi connectivity index (χ1) is 9.25. The number of pyridine rings is 1. The van der Waals surface area contributed by atoms with E-state index in [1.165, 1.54) is 5.56 Å². The monoisotopic (exact) mass is 252 g/mol. The fourth-order valence-corrected chi connectivity index (χ4v) is 2.78. The standard InChI is InChI=1S/C16H16N2O/c1-11-7-8-17-10-14(11)13-9-15(19)18-16(13)12-5-3-2-4-6-12/h2-8,10,13,16H,9H2,1H3,(H,18,19). The number of aromatic nitrogens is 1. The first-order valence-electron chi connectivity index (χ1n) is 6.50. The van der Waals surface area contributed by atoms with Gasteiger partial charge in [0.1, 0.15) is 0 Å². The van der Waals surface area contributed by atoms with Crippen LogP contribution < -0.4 is 5.32 Å². The largest absolute Gasteiger partial charge is 0.349 e. The molecule has 1 aliphatic heterocycles. The minimum Gasteiger partial charge on any atom is -0.349 e. The molecule has 1 aromatic heterocycles. The topological polar surface area (TPSA) is 42.0 Å². The van der Waals surface area contributed by atoms with Crippen LogP contribution in [-0.4, -0.2) is 10.9 Å². The summed E-state index contributed by atoms with van der Waals surface area (Å²) in [6.45, 7) is 2.07. The molecular weight excluding hydrogens is 236 g/mol. The van der Waals surface area contributed by atoms with Gasteiger partial charge in [-0.3, -0.25) is 9.78 Å². The number of hydrogen-bond donors (Lipinski definition) is 1. The van der Waals surface area contributed by atoms with E-state index in [9.17, 15) is 4.79 Å². The van der Waals surface area contributed by atoms with Crippen LogP contribution >= 0.6 is 0 Å². The number of nitrogens with zero attached hydrogens (tertiary/aromatic N) is 1. The van der Waals surface area contributed by atoms with E-state index in [-0.39, 0.29) is 17.9 Å². The maximum absolute atomic E-state index is 11.8. The zero-order valence-electron chi connectivity index (χ0n) is 10.8. The van der Waals surface area contributed by atoms with E-state index < -0.39 is 0 Å². The maximum atomic E-state index is 11.8. The van der Waals surface area contributed by atoms with Crippen LogP contribution in [0.15, 0.2) is 48.8 Å². The van der Waals surface area contributed by atoms with E-state index in [4.69, 9.17) is 0 Å². The molecule has 1 N–H and O–H groups in total. The molecule has 1 aliphatic rings. The number of hydrogen-bond acceptors (Lipinski definition) is 2. The number of carbonyl (C=O) groups excluding carboxylic acids is 1. The second kappa shape index (κ2) is 4.84. The molecule has 2 unspecified atom stereocenters. The zero-order chi connectivity index (χ0) is 13.2. The average molecular weight is 252 g/mol. The van der Waals surface area contributed by atoms with Gasteiger partial charge in [-0.15, -0.1) is 0 Å². The number of amides is 1. The third-order valence-corrected chi connectivity index (χ3v) is 3.76. The number of aryl methyl sites for hydroxylation is 1. The Balaban J connectivity index is 2.00. The lowest BCUT2D eigenvalue weighted by atomic mass is 9.87. The highest BCUT2D eigenvalue weighted by Crippen LogP contribution is 2.38. The minimum atomic E-state index is 0.0524. The third kappa shape index (κ3) is 2.24. The lowest BCUT2D eigenvalue weighted by Crippen LogP contribution is -2.20. The van der Waals surface area contributed by atoms with E-state index in [0.29, 0.717) is 6.42 Å². The Morgan fingerprint density at radius 2 is 2.00 bits per heavy atom. The highest BCUT2D eigenvalue weighted by Gasteiger charge is 2.35. The summed E-state index contributed by atoms with van der Waals surface area (Å²) in [5.41, 5.74) is 3.51. The van der Waals surface area contributed by atoms with Crippen LogP contribution in [0.3, 0.4) is 0 Å². The summed E-state index contributed by atoms with van der Waals surface area (Å²) in [5, 5.41) is 3.08. The molecule has 96 valence electrons. The SMILES string of the molecule is Cc1ccncc1C1CC(=O)NC1c1ccccc1. The summed E-state index contributed by atoms with van der Waals surface area (Å²) < 4.78 is 0. The molecule has 1 aromatic carbocycles. The van der Waals surface area contributed by atoms with Gasteiger partial charge in [0.05, 0.1) is 6.04 Å². The molecule has 0 spiro atoms. The molecule has 1 fully saturated rings. The summed E-state index contributed by atoms with van der Waals surface area (Å²) >= 11 is 0. The van der Waals surface area contributed by atoms with Crippen molar-refractivity contribution < 1.29 is 4.79 Å². The molecule has 3 nitrogen and oxygen atoms in total. The Morgan fingerprint density at radius 3 is 2.74 bits per heavy atom. The Bertz CT molecular complexity index is 595. The molecule has 19 heavy (non-hydrogen) atoms. The molecule has 2 aromatic rings. The zero-order valence-corrected chi connectivity index (χ0v) is 10.8. The molecule has 3 heteroatoms. The maximum Gasteiger partial charge on any atom is 0.221 e. The van der Waals surface area contributed by atoms with E-state index in [1.54, 1.807) is 6.20 Å². The van der Waals surface area contributed by atoms with Gasteiger partial charge in [0.2, 0.25) is 5.91 Å². The summed E-state index contributed by atoms with van der Waals surface area (Å²) in [6.07, 6.45) is 4.21. The average Bonchev–Trinajstić information content (AvgIpc) is 2.82. The Hall–Kier alpha value is -2.16. The second-order valence-corrected chi connectivity index (χ2v) is 5.00. The van der Waals surface area contributed by atoms with Crippen LogP contribution in [0, 0.1) is 6.92 Å². The van der Waals surface area contributed by atoms with E-state index in [1.807, 2.05) is 30.5 Å². The number of rotatable bonds is 2. The van der Waals surface area contributed by atoms with Crippen molar-refractivity contribution in [2.24, 2.45) is 0 Å². The Labute approximate surface area is 112 Å². The minimum absolute atomic E-state index is 0.0524. The molecule has 0 saturated carbocycles. The van der Waals surface area contributed by atoms with E-state index in [0.717, 1.165) is 11.1 Å². The smallest absolute Gasteiger partial charge is 0.221 e. The van der Waals surface area contributed by atoms with Gasteiger partial charge < -0.3 is 5.32 Å². The van der Waals surface area contributed by atoms with Gasteiger partial charge in [-0.1, -0.05) is 30.3 Å². The summed E-state index contributed by atoms with van der Waals surface area (Å²) in [5.74, 6) is 0.283. The van der Waals surface area contributed by atoms with Crippen molar-refractivity contribution in [3.05, 3.63) is 65.5 Å². The van der Waals surface area contributed by atoms with Crippen LogP contribution in [0.4, 0.5) is 0 Å². The van der Waals surface area contributed by atoms with Crippen LogP contribution in [0.1, 0.15) is 35.1 Å². The van der Waals surface area contributed by atoms with E-state index >= 15 is 0 Å². The quantitative estimate of drug-likeness (QED) is 0.893. The molecule has 3 rings (SSSR count). The van der Waals surface area contributed by atoms with Gasteiger partial charge in [0.25, 0.3) is 0 Å². The Kier molecular flexibility index (Phi) is 3.03. The van der Waals surface area contributed by atoms with Gasteiger partial charge in [0.15, 0.2) is 0 Å². The van der Waals surface area contributed by atoms with Gasteiger partial charge >= 0.3 is 0 Å². The predicted octanol–water partition coefficient (Wildman–Crippen LogP) is 2.73. The fourth-order valence-electron chi connectivity index (χ4n) is 2.78. The molecular formula is C16H16N2O. The Morgan fingerprint density at radius 1 is 1.21 bits per heavy atom. The summed E-state index contributed by atoms with van der Waals surface area (Å²) in [7, 11) is 0. The van der Waals surface area contributed by atoms with E-state index in [2.05, 4.69) is 29.4 Å². The first kappa shape index (κ1) is 11.9. The summed E-state index contributed by atoms with van der Waals surface area (Å²) in [4.78, 5) is 16.0. The van der Waals surface area contributed by atoms with Crippen LogP contribution in [0.25, 0.3) is 0 Å². The van der Waals surface area contributed by atoms with Gasteiger partial charge in [0, 0.05) is 24.7 Å². The van der Waals surface area contributed by atoms with Crippen LogP contribution in [-0.2, 0) is 4.79 Å². The number of nitrogens with one attached hydrogen (secondary N) is 1. The molecule has 0 aliphatic carbocycles.